The van der Waals surface area contributed by atoms with Crippen LogP contribution in [0.15, 0.2) is 24.5 Å². The molecule has 76 valence electrons. The van der Waals surface area contributed by atoms with E-state index in [4.69, 9.17) is 15.9 Å². The minimum atomic E-state index is -0.244. The molecule has 5 heteroatoms. The molecule has 1 aromatic rings. The molecule has 0 aromatic carbocycles. The summed E-state index contributed by atoms with van der Waals surface area (Å²) in [6, 6.07) is 3.69. The zero-order valence-electron chi connectivity index (χ0n) is 8.16. The number of hydrogen-bond donors (Lipinski definition) is 3. The number of nitrogens with one attached hydrogen (secondary N) is 2. The van der Waals surface area contributed by atoms with E-state index in [9.17, 15) is 0 Å². The highest BCUT2D eigenvalue weighted by Gasteiger charge is 1.94. The molecule has 1 aromatic heterocycles. The van der Waals surface area contributed by atoms with Gasteiger partial charge in [0.15, 0.2) is 12.4 Å². The third-order valence-electron chi connectivity index (χ3n) is 1.67. The fraction of sp³-hybridized carbons (Fsp3) is 0.333. The Labute approximate surface area is 83.0 Å². The van der Waals surface area contributed by atoms with Crippen LogP contribution in [0.1, 0.15) is 0 Å². The maximum Gasteiger partial charge on any atom is 0.279 e. The van der Waals surface area contributed by atoms with Crippen molar-refractivity contribution in [1.29, 1.82) is 5.41 Å². The summed E-state index contributed by atoms with van der Waals surface area (Å²) in [5.74, 6) is 0. The Bertz CT molecular complexity index is 296. The number of ether oxygens (including phenoxy) is 1. The van der Waals surface area contributed by atoms with Crippen LogP contribution in [0.4, 0.5) is 5.69 Å². The van der Waals surface area contributed by atoms with Crippen molar-refractivity contribution in [2.75, 3.05) is 18.5 Å². The number of pyridine rings is 1. The van der Waals surface area contributed by atoms with Gasteiger partial charge in [-0.15, -0.1) is 0 Å². The smallest absolute Gasteiger partial charge is 0.279 e. The fourth-order valence-corrected chi connectivity index (χ4v) is 0.975. The van der Waals surface area contributed by atoms with E-state index in [-0.39, 0.29) is 6.02 Å². The summed E-state index contributed by atoms with van der Waals surface area (Å²) in [4.78, 5) is 0. The molecule has 1 rings (SSSR count). The van der Waals surface area contributed by atoms with Crippen molar-refractivity contribution in [3.8, 4) is 0 Å². The summed E-state index contributed by atoms with van der Waals surface area (Å²) in [5.41, 5.74) is 6.05. The Morgan fingerprint density at radius 3 is 2.79 bits per heavy atom. The summed E-state index contributed by atoms with van der Waals surface area (Å²) in [6.07, 6.45) is 3.91. The van der Waals surface area contributed by atoms with Gasteiger partial charge in [0.2, 0.25) is 0 Å². The fourth-order valence-electron chi connectivity index (χ4n) is 0.975. The molecule has 0 spiro atoms. The van der Waals surface area contributed by atoms with E-state index in [1.54, 1.807) is 0 Å². The molecule has 5 nitrogen and oxygen atoms in total. The molecule has 0 aliphatic heterocycles. The molecule has 0 saturated heterocycles. The summed E-state index contributed by atoms with van der Waals surface area (Å²) >= 11 is 0. The molecule has 0 atom stereocenters. The van der Waals surface area contributed by atoms with Gasteiger partial charge in [0.05, 0.1) is 0 Å². The Balaban J connectivity index is 2.25. The quantitative estimate of drug-likeness (QED) is 0.270. The van der Waals surface area contributed by atoms with E-state index in [0.717, 1.165) is 5.69 Å². The average Bonchev–Trinajstić information content (AvgIpc) is 2.15. The van der Waals surface area contributed by atoms with Crippen molar-refractivity contribution in [2.24, 2.45) is 12.8 Å². The van der Waals surface area contributed by atoms with Crippen molar-refractivity contribution < 1.29 is 9.30 Å². The number of amidine groups is 1. The number of hydrogen-bond acceptors (Lipinski definition) is 3. The van der Waals surface area contributed by atoms with Crippen LogP contribution in [-0.4, -0.2) is 19.2 Å². The van der Waals surface area contributed by atoms with E-state index in [1.165, 1.54) is 0 Å². The van der Waals surface area contributed by atoms with Crippen LogP contribution >= 0.6 is 0 Å². The first-order valence-electron chi connectivity index (χ1n) is 4.34. The summed E-state index contributed by atoms with van der Waals surface area (Å²) < 4.78 is 6.74. The van der Waals surface area contributed by atoms with Gasteiger partial charge < -0.3 is 15.8 Å². The van der Waals surface area contributed by atoms with Crippen LogP contribution in [0, 0.1) is 5.41 Å². The second-order valence-electron chi connectivity index (χ2n) is 2.89. The minimum Gasteiger partial charge on any atom is -0.464 e. The van der Waals surface area contributed by atoms with Crippen molar-refractivity contribution >= 4 is 11.7 Å². The number of nitrogens with zero attached hydrogens (tertiary/aromatic N) is 1. The van der Waals surface area contributed by atoms with Crippen molar-refractivity contribution in [3.63, 3.8) is 0 Å². The van der Waals surface area contributed by atoms with Crippen LogP contribution in [-0.2, 0) is 11.8 Å². The van der Waals surface area contributed by atoms with Gasteiger partial charge in [-0.05, 0) is 0 Å². The molecule has 0 amide bonds. The van der Waals surface area contributed by atoms with E-state index in [1.807, 2.05) is 36.1 Å². The largest absolute Gasteiger partial charge is 0.464 e. The molecule has 4 N–H and O–H groups in total. The zero-order chi connectivity index (χ0) is 10.4. The topological polar surface area (TPSA) is 75.0 Å². The van der Waals surface area contributed by atoms with Gasteiger partial charge in [0.1, 0.15) is 13.7 Å². The number of aromatic nitrogens is 1. The van der Waals surface area contributed by atoms with Crippen molar-refractivity contribution in [3.05, 3.63) is 24.5 Å². The predicted octanol–water partition coefficient (Wildman–Crippen LogP) is -0.167. The molecule has 0 fully saturated rings. The molecule has 0 radical (unpaired) electrons. The highest BCUT2D eigenvalue weighted by atomic mass is 16.5. The molecule has 0 unspecified atom stereocenters. The highest BCUT2D eigenvalue weighted by Crippen LogP contribution is 2.00. The molecule has 0 aliphatic carbocycles. The lowest BCUT2D eigenvalue weighted by atomic mass is 10.4. The predicted molar refractivity (Wildman–Crippen MR) is 54.0 cm³/mol. The molecule has 1 heterocycles. The number of nitrogens with two attached hydrogens (primary N) is 1. The maximum absolute atomic E-state index is 6.83. The summed E-state index contributed by atoms with van der Waals surface area (Å²) in [5, 5.41) is 9.97. The monoisotopic (exact) mass is 195 g/mol. The van der Waals surface area contributed by atoms with Gasteiger partial charge in [0, 0.05) is 24.4 Å². The van der Waals surface area contributed by atoms with Crippen LogP contribution < -0.4 is 15.6 Å². The van der Waals surface area contributed by atoms with Gasteiger partial charge in [-0.1, -0.05) is 0 Å². The Hall–Kier alpha value is -1.78. The maximum atomic E-state index is 6.83. The molecule has 0 bridgehead atoms. The molecule has 14 heavy (non-hydrogen) atoms. The first-order valence-corrected chi connectivity index (χ1v) is 4.34. The van der Waals surface area contributed by atoms with Crippen LogP contribution in [0.25, 0.3) is 0 Å². The second kappa shape index (κ2) is 5.06. The van der Waals surface area contributed by atoms with Gasteiger partial charge in [-0.2, -0.15) is 0 Å². The molecular weight excluding hydrogens is 180 g/mol. The Kier molecular flexibility index (Phi) is 3.72. The normalized spacial score (nSPS) is 9.50. The highest BCUT2D eigenvalue weighted by molar-refractivity contribution is 5.67. The number of anilines is 1. The number of rotatable bonds is 4. The van der Waals surface area contributed by atoms with Crippen LogP contribution in [0.2, 0.25) is 0 Å². The lowest BCUT2D eigenvalue weighted by Crippen LogP contribution is -2.26. The first-order chi connectivity index (χ1) is 6.68. The second-order valence-corrected chi connectivity index (χ2v) is 2.89. The third kappa shape index (κ3) is 3.75. The Morgan fingerprint density at radius 2 is 2.21 bits per heavy atom. The van der Waals surface area contributed by atoms with Gasteiger partial charge >= 0.3 is 0 Å². The van der Waals surface area contributed by atoms with Crippen molar-refractivity contribution in [2.45, 2.75) is 0 Å². The van der Waals surface area contributed by atoms with E-state index in [2.05, 4.69) is 5.32 Å². The summed E-state index contributed by atoms with van der Waals surface area (Å²) in [7, 11) is 1.96. The standard InChI is InChI=1S/C9H14N4O/c1-13-5-2-8(3-6-13)12-4-7-14-9(10)11/h2-3,5-6H,4,7H2,1H3,(H3,10,11)/p+1. The third-order valence-corrected chi connectivity index (χ3v) is 1.67. The first kappa shape index (κ1) is 10.3. The van der Waals surface area contributed by atoms with E-state index < -0.39 is 0 Å². The van der Waals surface area contributed by atoms with E-state index in [0.29, 0.717) is 13.2 Å². The van der Waals surface area contributed by atoms with E-state index >= 15 is 0 Å². The minimum absolute atomic E-state index is 0.244. The lowest BCUT2D eigenvalue weighted by molar-refractivity contribution is -0.671. The number of aryl methyl sites for hydroxylation is 1. The van der Waals surface area contributed by atoms with Gasteiger partial charge in [-0.25, -0.2) is 4.57 Å². The molecule has 0 aliphatic rings. The molecule has 0 saturated carbocycles. The average molecular weight is 195 g/mol. The lowest BCUT2D eigenvalue weighted by Gasteiger charge is -2.05. The Morgan fingerprint density at radius 1 is 1.57 bits per heavy atom. The van der Waals surface area contributed by atoms with Crippen LogP contribution in [0.5, 0.6) is 0 Å². The van der Waals surface area contributed by atoms with Crippen LogP contribution in [0.3, 0.4) is 0 Å². The zero-order valence-corrected chi connectivity index (χ0v) is 8.16. The SMILES string of the molecule is C[n+]1ccc(NCCOC(=N)N)cc1. The summed E-state index contributed by atoms with van der Waals surface area (Å²) in [6.45, 7) is 1.03. The van der Waals surface area contributed by atoms with Gasteiger partial charge in [-0.3, -0.25) is 5.41 Å². The van der Waals surface area contributed by atoms with Crippen molar-refractivity contribution in [1.82, 2.24) is 0 Å². The molecular formula is C9H15N4O+. The van der Waals surface area contributed by atoms with Gasteiger partial charge in [0.25, 0.3) is 6.02 Å².